The summed E-state index contributed by atoms with van der Waals surface area (Å²) in [6, 6.07) is 7.47. The Kier molecular flexibility index (Phi) is 3.07. The standard InChI is InChI=1S/C13H18N2O2/c1-13(2,14)8-5-9-15-10-6-3-4-7-11(10)17-12(15)16/h3-4,6-7H,5,8-9,14H2,1-2H3. The largest absolute Gasteiger partial charge is 0.419 e. The number of oxazole rings is 1. The van der Waals surface area contributed by atoms with Crippen molar-refractivity contribution in [3.63, 3.8) is 0 Å². The first-order valence-electron chi connectivity index (χ1n) is 5.85. The van der Waals surface area contributed by atoms with Crippen molar-refractivity contribution in [3.05, 3.63) is 34.8 Å². The van der Waals surface area contributed by atoms with Gasteiger partial charge in [-0.15, -0.1) is 0 Å². The quantitative estimate of drug-likeness (QED) is 0.881. The van der Waals surface area contributed by atoms with E-state index in [1.54, 1.807) is 10.6 Å². The van der Waals surface area contributed by atoms with Crippen molar-refractivity contribution in [1.82, 2.24) is 4.57 Å². The molecule has 0 radical (unpaired) electrons. The predicted molar refractivity (Wildman–Crippen MR) is 68.0 cm³/mol. The van der Waals surface area contributed by atoms with Crippen LogP contribution in [0.2, 0.25) is 0 Å². The van der Waals surface area contributed by atoms with Crippen LogP contribution in [0.4, 0.5) is 0 Å². The van der Waals surface area contributed by atoms with Crippen molar-refractivity contribution in [3.8, 4) is 0 Å². The van der Waals surface area contributed by atoms with Gasteiger partial charge >= 0.3 is 5.76 Å². The average Bonchev–Trinajstić information content (AvgIpc) is 2.54. The number of aromatic nitrogens is 1. The SMILES string of the molecule is CC(C)(N)CCCn1c(=O)oc2ccccc21. The summed E-state index contributed by atoms with van der Waals surface area (Å²) in [5.41, 5.74) is 7.22. The molecule has 0 saturated carbocycles. The summed E-state index contributed by atoms with van der Waals surface area (Å²) in [4.78, 5) is 11.7. The molecule has 0 aliphatic heterocycles. The maximum absolute atomic E-state index is 11.7. The third-order valence-corrected chi connectivity index (χ3v) is 2.78. The summed E-state index contributed by atoms with van der Waals surface area (Å²) >= 11 is 0. The highest BCUT2D eigenvalue weighted by atomic mass is 16.4. The molecule has 92 valence electrons. The van der Waals surface area contributed by atoms with E-state index < -0.39 is 0 Å². The molecule has 0 amide bonds. The van der Waals surface area contributed by atoms with E-state index in [4.69, 9.17) is 10.2 Å². The van der Waals surface area contributed by atoms with E-state index in [2.05, 4.69) is 0 Å². The molecule has 0 spiro atoms. The van der Waals surface area contributed by atoms with E-state index in [1.807, 2.05) is 32.0 Å². The smallest absolute Gasteiger partial charge is 0.408 e. The molecule has 0 unspecified atom stereocenters. The van der Waals surface area contributed by atoms with Crippen LogP contribution in [0.15, 0.2) is 33.5 Å². The van der Waals surface area contributed by atoms with Crippen LogP contribution in [0.25, 0.3) is 11.1 Å². The van der Waals surface area contributed by atoms with E-state index in [0.717, 1.165) is 18.4 Å². The number of fused-ring (bicyclic) bond motifs is 1. The summed E-state index contributed by atoms with van der Waals surface area (Å²) < 4.78 is 6.83. The second kappa shape index (κ2) is 4.37. The van der Waals surface area contributed by atoms with Gasteiger partial charge in [0.25, 0.3) is 0 Å². The second-order valence-corrected chi connectivity index (χ2v) is 5.08. The Hall–Kier alpha value is -1.55. The Balaban J connectivity index is 2.19. The van der Waals surface area contributed by atoms with Gasteiger partial charge in [-0.1, -0.05) is 12.1 Å². The lowest BCUT2D eigenvalue weighted by atomic mass is 10.0. The molecule has 17 heavy (non-hydrogen) atoms. The van der Waals surface area contributed by atoms with Gasteiger partial charge in [-0.25, -0.2) is 4.79 Å². The summed E-state index contributed by atoms with van der Waals surface area (Å²) in [5, 5.41) is 0. The Morgan fingerprint density at radius 2 is 2.06 bits per heavy atom. The second-order valence-electron chi connectivity index (χ2n) is 5.08. The van der Waals surface area contributed by atoms with Crippen LogP contribution >= 0.6 is 0 Å². The predicted octanol–water partition coefficient (Wildman–Crippen LogP) is 2.11. The number of aryl methyl sites for hydroxylation is 1. The molecule has 0 bridgehead atoms. The first kappa shape index (κ1) is 11.9. The number of hydrogen-bond donors (Lipinski definition) is 1. The molecule has 0 aliphatic rings. The third-order valence-electron chi connectivity index (χ3n) is 2.78. The van der Waals surface area contributed by atoms with Gasteiger partial charge < -0.3 is 10.2 Å². The van der Waals surface area contributed by atoms with Gasteiger partial charge in [0.2, 0.25) is 0 Å². The van der Waals surface area contributed by atoms with Crippen LogP contribution in [0.1, 0.15) is 26.7 Å². The van der Waals surface area contributed by atoms with Gasteiger partial charge in [0.15, 0.2) is 5.58 Å². The maximum Gasteiger partial charge on any atom is 0.419 e. The van der Waals surface area contributed by atoms with E-state index in [0.29, 0.717) is 12.1 Å². The fourth-order valence-electron chi connectivity index (χ4n) is 1.92. The zero-order valence-electron chi connectivity index (χ0n) is 10.3. The van der Waals surface area contributed by atoms with Crippen molar-refractivity contribution in [2.24, 2.45) is 5.73 Å². The Bertz CT molecular complexity index is 561. The number of rotatable bonds is 4. The molecule has 0 atom stereocenters. The van der Waals surface area contributed by atoms with Crippen molar-refractivity contribution >= 4 is 11.1 Å². The highest BCUT2D eigenvalue weighted by Gasteiger charge is 2.12. The molecule has 4 nitrogen and oxygen atoms in total. The number of benzene rings is 1. The molecule has 2 rings (SSSR count). The number of nitrogens with two attached hydrogens (primary N) is 1. The third kappa shape index (κ3) is 2.77. The van der Waals surface area contributed by atoms with Crippen LogP contribution in [0, 0.1) is 0 Å². The molecule has 1 heterocycles. The molecular formula is C13H18N2O2. The molecule has 1 aromatic heterocycles. The molecule has 4 heteroatoms. The van der Waals surface area contributed by atoms with Crippen molar-refractivity contribution < 1.29 is 4.42 Å². The van der Waals surface area contributed by atoms with E-state index in [9.17, 15) is 4.79 Å². The zero-order chi connectivity index (χ0) is 12.5. The Morgan fingerprint density at radius 1 is 1.35 bits per heavy atom. The zero-order valence-corrected chi connectivity index (χ0v) is 10.3. The molecule has 0 aliphatic carbocycles. The molecule has 0 fully saturated rings. The van der Waals surface area contributed by atoms with Gasteiger partial charge in [-0.05, 0) is 38.8 Å². The number of hydrogen-bond acceptors (Lipinski definition) is 3. The van der Waals surface area contributed by atoms with Crippen LogP contribution < -0.4 is 11.5 Å². The Morgan fingerprint density at radius 3 is 2.76 bits per heavy atom. The summed E-state index contributed by atoms with van der Waals surface area (Å²) in [7, 11) is 0. The highest BCUT2D eigenvalue weighted by Crippen LogP contribution is 2.14. The summed E-state index contributed by atoms with van der Waals surface area (Å²) in [6.45, 7) is 4.63. The van der Waals surface area contributed by atoms with E-state index in [-0.39, 0.29) is 11.3 Å². The van der Waals surface area contributed by atoms with Crippen LogP contribution in [0.5, 0.6) is 0 Å². The fraction of sp³-hybridized carbons (Fsp3) is 0.462. The molecular weight excluding hydrogens is 216 g/mol. The number of nitrogens with zero attached hydrogens (tertiary/aromatic N) is 1. The summed E-state index contributed by atoms with van der Waals surface area (Å²) in [5.74, 6) is -0.291. The lowest BCUT2D eigenvalue weighted by molar-refractivity contribution is 0.425. The highest BCUT2D eigenvalue weighted by molar-refractivity contribution is 5.72. The topological polar surface area (TPSA) is 61.2 Å². The maximum atomic E-state index is 11.7. The fourth-order valence-corrected chi connectivity index (χ4v) is 1.92. The minimum atomic E-state index is -0.291. The van der Waals surface area contributed by atoms with Crippen molar-refractivity contribution in [2.75, 3.05) is 0 Å². The van der Waals surface area contributed by atoms with E-state index >= 15 is 0 Å². The normalized spacial score (nSPS) is 12.2. The molecule has 2 N–H and O–H groups in total. The van der Waals surface area contributed by atoms with Gasteiger partial charge in [0.05, 0.1) is 5.52 Å². The lowest BCUT2D eigenvalue weighted by Gasteiger charge is -2.17. The van der Waals surface area contributed by atoms with Crippen LogP contribution in [0.3, 0.4) is 0 Å². The molecule has 1 aromatic carbocycles. The lowest BCUT2D eigenvalue weighted by Crippen LogP contribution is -2.32. The first-order chi connectivity index (χ1) is 7.97. The molecule has 0 saturated heterocycles. The van der Waals surface area contributed by atoms with Gasteiger partial charge in [0, 0.05) is 12.1 Å². The Labute approximate surface area is 100 Å². The van der Waals surface area contributed by atoms with Gasteiger partial charge in [-0.2, -0.15) is 0 Å². The minimum absolute atomic E-state index is 0.191. The molecule has 2 aromatic rings. The van der Waals surface area contributed by atoms with Gasteiger partial charge in [-0.3, -0.25) is 4.57 Å². The summed E-state index contributed by atoms with van der Waals surface area (Å²) in [6.07, 6.45) is 1.74. The van der Waals surface area contributed by atoms with Crippen LogP contribution in [-0.2, 0) is 6.54 Å². The first-order valence-corrected chi connectivity index (χ1v) is 5.85. The van der Waals surface area contributed by atoms with Crippen molar-refractivity contribution in [2.45, 2.75) is 38.8 Å². The van der Waals surface area contributed by atoms with Crippen LogP contribution in [-0.4, -0.2) is 10.1 Å². The minimum Gasteiger partial charge on any atom is -0.408 e. The van der Waals surface area contributed by atoms with Gasteiger partial charge in [0.1, 0.15) is 0 Å². The average molecular weight is 234 g/mol. The van der Waals surface area contributed by atoms with Crippen molar-refractivity contribution in [1.29, 1.82) is 0 Å². The monoisotopic (exact) mass is 234 g/mol. The number of para-hydroxylation sites is 2. The van der Waals surface area contributed by atoms with E-state index in [1.165, 1.54) is 0 Å².